The number of methoxy groups -OCH3 is 1. The molecule has 2 aromatic carbocycles. The predicted molar refractivity (Wildman–Crippen MR) is 93.6 cm³/mol. The third kappa shape index (κ3) is 3.93. The number of benzene rings is 2. The van der Waals surface area contributed by atoms with Gasteiger partial charge in [0.25, 0.3) is 10.0 Å². The monoisotopic (exact) mass is 331 g/mol. The van der Waals surface area contributed by atoms with Gasteiger partial charge in [0.2, 0.25) is 0 Å². The number of anilines is 1. The summed E-state index contributed by atoms with van der Waals surface area (Å²) < 4.78 is 32.8. The summed E-state index contributed by atoms with van der Waals surface area (Å²) in [7, 11) is -2.09. The second-order valence-electron chi connectivity index (χ2n) is 5.38. The smallest absolute Gasteiger partial charge is 0.261 e. The molecule has 5 heteroatoms. The summed E-state index contributed by atoms with van der Waals surface area (Å²) in [6, 6.07) is 10.2. The first-order valence-electron chi connectivity index (χ1n) is 7.25. The minimum Gasteiger partial charge on any atom is -0.497 e. The zero-order valence-electron chi connectivity index (χ0n) is 13.6. The van der Waals surface area contributed by atoms with Crippen molar-refractivity contribution < 1.29 is 13.2 Å². The molecule has 0 aliphatic rings. The van der Waals surface area contributed by atoms with Crippen molar-refractivity contribution in [2.45, 2.75) is 25.2 Å². The van der Waals surface area contributed by atoms with Crippen LogP contribution in [0, 0.1) is 13.8 Å². The lowest BCUT2D eigenvalue weighted by atomic mass is 10.0. The van der Waals surface area contributed by atoms with Crippen molar-refractivity contribution in [1.82, 2.24) is 0 Å². The highest BCUT2D eigenvalue weighted by atomic mass is 32.2. The first-order chi connectivity index (χ1) is 10.9. The Morgan fingerprint density at radius 1 is 1.13 bits per heavy atom. The van der Waals surface area contributed by atoms with E-state index < -0.39 is 10.0 Å². The molecule has 23 heavy (non-hydrogen) atoms. The van der Waals surface area contributed by atoms with Crippen LogP contribution in [0.2, 0.25) is 0 Å². The molecule has 2 aromatic rings. The molecule has 0 unspecified atom stereocenters. The van der Waals surface area contributed by atoms with Gasteiger partial charge in [0.05, 0.1) is 17.7 Å². The normalized spacial score (nSPS) is 11.1. The summed E-state index contributed by atoms with van der Waals surface area (Å²) in [5, 5.41) is 0. The molecule has 0 saturated carbocycles. The van der Waals surface area contributed by atoms with Gasteiger partial charge in [0.15, 0.2) is 0 Å². The molecule has 0 heterocycles. The Labute approximate surface area is 137 Å². The summed E-state index contributed by atoms with van der Waals surface area (Å²) in [4.78, 5) is 0.201. The quantitative estimate of drug-likeness (QED) is 0.818. The average Bonchev–Trinajstić information content (AvgIpc) is 2.51. The zero-order valence-corrected chi connectivity index (χ0v) is 14.4. The van der Waals surface area contributed by atoms with Crippen molar-refractivity contribution in [3.8, 4) is 5.75 Å². The van der Waals surface area contributed by atoms with Crippen LogP contribution < -0.4 is 9.46 Å². The predicted octanol–water partition coefficient (Wildman–Crippen LogP) is 3.84. The average molecular weight is 331 g/mol. The van der Waals surface area contributed by atoms with Gasteiger partial charge in [-0.25, -0.2) is 8.42 Å². The molecular weight excluding hydrogens is 310 g/mol. The molecule has 0 aliphatic heterocycles. The number of nitrogens with one attached hydrogen (secondary N) is 1. The van der Waals surface area contributed by atoms with Gasteiger partial charge in [-0.15, -0.1) is 6.58 Å². The molecule has 0 atom stereocenters. The highest BCUT2D eigenvalue weighted by Crippen LogP contribution is 2.26. The van der Waals surface area contributed by atoms with E-state index in [1.165, 1.54) is 12.1 Å². The van der Waals surface area contributed by atoms with Crippen LogP contribution in [0.15, 0.2) is 53.9 Å². The van der Waals surface area contributed by atoms with Crippen LogP contribution >= 0.6 is 0 Å². The topological polar surface area (TPSA) is 55.4 Å². The lowest BCUT2D eigenvalue weighted by Crippen LogP contribution is -2.15. The van der Waals surface area contributed by atoms with Gasteiger partial charge in [-0.3, -0.25) is 4.72 Å². The number of allylic oxidation sites excluding steroid dienone is 1. The number of hydrogen-bond donors (Lipinski definition) is 1. The van der Waals surface area contributed by atoms with Crippen molar-refractivity contribution in [2.75, 3.05) is 11.8 Å². The molecule has 0 fully saturated rings. The molecule has 4 nitrogen and oxygen atoms in total. The third-order valence-electron chi connectivity index (χ3n) is 3.58. The molecule has 0 aliphatic carbocycles. The molecule has 0 spiro atoms. The second kappa shape index (κ2) is 6.87. The van der Waals surface area contributed by atoms with E-state index in [0.29, 0.717) is 11.4 Å². The highest BCUT2D eigenvalue weighted by molar-refractivity contribution is 7.92. The van der Waals surface area contributed by atoms with Crippen molar-refractivity contribution in [3.63, 3.8) is 0 Å². The molecule has 0 amide bonds. The van der Waals surface area contributed by atoms with Crippen LogP contribution in [0.3, 0.4) is 0 Å². The molecule has 0 saturated heterocycles. The molecule has 0 bridgehead atoms. The maximum absolute atomic E-state index is 12.5. The summed E-state index contributed by atoms with van der Waals surface area (Å²) in [6.45, 7) is 7.52. The van der Waals surface area contributed by atoms with E-state index in [0.717, 1.165) is 23.1 Å². The fourth-order valence-electron chi connectivity index (χ4n) is 2.45. The Balaban J connectivity index is 2.34. The lowest BCUT2D eigenvalue weighted by molar-refractivity contribution is 0.414. The van der Waals surface area contributed by atoms with Gasteiger partial charge in [0, 0.05) is 0 Å². The number of hydrogen-bond acceptors (Lipinski definition) is 3. The lowest BCUT2D eigenvalue weighted by Gasteiger charge is -2.15. The summed E-state index contributed by atoms with van der Waals surface area (Å²) >= 11 is 0. The number of sulfonamides is 1. The number of ether oxygens (including phenoxy) is 1. The van der Waals surface area contributed by atoms with Gasteiger partial charge in [0.1, 0.15) is 5.75 Å². The second-order valence-corrected chi connectivity index (χ2v) is 7.06. The molecular formula is C18H21NO3S. The van der Waals surface area contributed by atoms with Gasteiger partial charge < -0.3 is 4.74 Å². The SMILES string of the molecule is C=CCc1cc(C)c(NS(=O)(=O)c2ccc(OC)cc2)c(C)c1. The van der Waals surface area contributed by atoms with Gasteiger partial charge >= 0.3 is 0 Å². The zero-order chi connectivity index (χ0) is 17.0. The van der Waals surface area contributed by atoms with Crippen molar-refractivity contribution >= 4 is 15.7 Å². The number of rotatable bonds is 6. The summed E-state index contributed by atoms with van der Waals surface area (Å²) in [6.07, 6.45) is 2.59. The Morgan fingerprint density at radius 3 is 2.17 bits per heavy atom. The van der Waals surface area contributed by atoms with Crippen LogP contribution in [0.5, 0.6) is 5.75 Å². The van der Waals surface area contributed by atoms with Crippen molar-refractivity contribution in [1.29, 1.82) is 0 Å². The Hall–Kier alpha value is -2.27. The molecule has 2 rings (SSSR count). The molecule has 0 radical (unpaired) electrons. The maximum Gasteiger partial charge on any atom is 0.261 e. The molecule has 0 aromatic heterocycles. The molecule has 1 N–H and O–H groups in total. The van der Waals surface area contributed by atoms with Gasteiger partial charge in [-0.2, -0.15) is 0 Å². The highest BCUT2D eigenvalue weighted by Gasteiger charge is 2.17. The van der Waals surface area contributed by atoms with Crippen LogP contribution in [-0.2, 0) is 16.4 Å². The van der Waals surface area contributed by atoms with Crippen LogP contribution in [-0.4, -0.2) is 15.5 Å². The van der Waals surface area contributed by atoms with E-state index in [4.69, 9.17) is 4.74 Å². The number of aryl methyl sites for hydroxylation is 2. The van der Waals surface area contributed by atoms with E-state index >= 15 is 0 Å². The van der Waals surface area contributed by atoms with Crippen molar-refractivity contribution in [3.05, 3.63) is 65.7 Å². The summed E-state index contributed by atoms with van der Waals surface area (Å²) in [5.74, 6) is 0.616. The van der Waals surface area contributed by atoms with Crippen LogP contribution in [0.25, 0.3) is 0 Å². The third-order valence-corrected chi connectivity index (χ3v) is 4.94. The summed E-state index contributed by atoms with van der Waals surface area (Å²) in [5.41, 5.74) is 3.51. The van der Waals surface area contributed by atoms with E-state index in [1.807, 2.05) is 32.1 Å². The Kier molecular flexibility index (Phi) is 5.11. The maximum atomic E-state index is 12.5. The van der Waals surface area contributed by atoms with E-state index in [-0.39, 0.29) is 4.90 Å². The van der Waals surface area contributed by atoms with Gasteiger partial charge in [-0.1, -0.05) is 18.2 Å². The Morgan fingerprint density at radius 2 is 1.70 bits per heavy atom. The fraction of sp³-hybridized carbons (Fsp3) is 0.222. The van der Waals surface area contributed by atoms with Crippen LogP contribution in [0.1, 0.15) is 16.7 Å². The van der Waals surface area contributed by atoms with E-state index in [2.05, 4.69) is 11.3 Å². The van der Waals surface area contributed by atoms with Gasteiger partial charge in [-0.05, 0) is 61.2 Å². The standard InChI is InChI=1S/C18H21NO3S/c1-5-6-15-11-13(2)18(14(3)12-15)19-23(20,21)17-9-7-16(22-4)8-10-17/h5,7-12,19H,1,6H2,2-4H3. The minimum atomic E-state index is -3.63. The van der Waals surface area contributed by atoms with Crippen LogP contribution in [0.4, 0.5) is 5.69 Å². The van der Waals surface area contributed by atoms with Crippen molar-refractivity contribution in [2.24, 2.45) is 0 Å². The first-order valence-corrected chi connectivity index (χ1v) is 8.73. The fourth-order valence-corrected chi connectivity index (χ4v) is 3.65. The van der Waals surface area contributed by atoms with E-state index in [1.54, 1.807) is 19.2 Å². The van der Waals surface area contributed by atoms with E-state index in [9.17, 15) is 8.42 Å². The largest absolute Gasteiger partial charge is 0.497 e. The first kappa shape index (κ1) is 17.1. The molecule has 122 valence electrons. The minimum absolute atomic E-state index is 0.201. The Bertz CT molecular complexity index is 786.